The molecular weight excluding hydrogens is 510 g/mol. The monoisotopic (exact) mass is 526 g/mol. The van der Waals surface area contributed by atoms with Crippen molar-refractivity contribution in [3.05, 3.63) is 36.4 Å². The van der Waals surface area contributed by atoms with Crippen LogP contribution in [0.1, 0.15) is 0 Å². The van der Waals surface area contributed by atoms with Crippen molar-refractivity contribution in [3.8, 4) is 0 Å². The van der Waals surface area contributed by atoms with Gasteiger partial charge in [-0.05, 0) is 36.4 Å². The maximum Gasteiger partial charge on any atom is 0.397 e. The molecule has 6 N–H and O–H groups in total. The van der Waals surface area contributed by atoms with Crippen LogP contribution in [0.3, 0.4) is 0 Å². The normalized spacial score (nSPS) is 12.2. The molecule has 0 amide bonds. The summed E-state index contributed by atoms with van der Waals surface area (Å²) in [5.74, 6) is -0.700. The Morgan fingerprint density at radius 3 is 1.91 bits per heavy atom. The first-order valence-corrected chi connectivity index (χ1v) is 12.2. The minimum absolute atomic E-state index is 0. The molecule has 0 saturated heterocycles. The Balaban J connectivity index is 0.00000480. The van der Waals surface area contributed by atoms with Gasteiger partial charge in [0.1, 0.15) is 10.6 Å². The second-order valence-electron chi connectivity index (χ2n) is 5.69. The number of nitrogens with two attached hydrogens (primary N) is 2. The Bertz CT molecular complexity index is 1300. The molecule has 166 valence electrons. The molecule has 2 aromatic carbocycles. The quantitative estimate of drug-likeness (QED) is 0.159. The van der Waals surface area contributed by atoms with E-state index in [-0.39, 0.29) is 86.8 Å². The van der Waals surface area contributed by atoms with Gasteiger partial charge in [0, 0.05) is 59.1 Å². The molecule has 0 bridgehead atoms. The molecule has 0 heterocycles. The van der Waals surface area contributed by atoms with E-state index in [9.17, 15) is 25.3 Å². The number of nitrogens with zero attached hydrogens (tertiary/aromatic N) is 2. The third-order valence-corrected chi connectivity index (χ3v) is 6.56. The predicted octanol–water partition coefficient (Wildman–Crippen LogP) is 0.345. The average Bonchev–Trinajstić information content (AvgIpc) is 2.59. The molecular formula is C14H16N4Na2O9S3. The maximum absolute atomic E-state index is 12.1. The molecule has 2 radical (unpaired) electrons. The summed E-state index contributed by atoms with van der Waals surface area (Å²) in [7, 11) is -13.3. The van der Waals surface area contributed by atoms with E-state index >= 15 is 0 Å². The first-order valence-electron chi connectivity index (χ1n) is 7.72. The van der Waals surface area contributed by atoms with Crippen LogP contribution in [0.5, 0.6) is 0 Å². The minimum atomic E-state index is -4.75. The molecule has 0 aliphatic rings. The van der Waals surface area contributed by atoms with Crippen molar-refractivity contribution in [1.29, 1.82) is 0 Å². The zero-order valence-corrected chi connectivity index (χ0v) is 23.4. The third kappa shape index (κ3) is 9.32. The van der Waals surface area contributed by atoms with Gasteiger partial charge in [-0.3, -0.25) is 9.11 Å². The van der Waals surface area contributed by atoms with Gasteiger partial charge in [0.05, 0.1) is 34.3 Å². The molecule has 32 heavy (non-hydrogen) atoms. The number of hydrogen-bond acceptors (Lipinski definition) is 11. The minimum Gasteiger partial charge on any atom is -0.398 e. The molecule has 2 aromatic rings. The van der Waals surface area contributed by atoms with Crippen LogP contribution in [-0.2, 0) is 34.5 Å². The number of hydrogen-bond donors (Lipinski definition) is 4. The standard InChI is InChI=1S/C14H16N4O9S3.2Na/c15-11-7-12(16)14(29(21,22)23)8-13(11)18-17-9-1-3-10(4-2-9)28(19,20)6-5-27-30(24,25)26;;/h1-4,7-8H,5-6,15-16H2,(H,21,22,23)(H,24,25,26);;. The van der Waals surface area contributed by atoms with Crippen molar-refractivity contribution in [1.82, 2.24) is 0 Å². The Hall–Kier alpha value is -0.630. The van der Waals surface area contributed by atoms with Crippen LogP contribution >= 0.6 is 0 Å². The maximum atomic E-state index is 12.1. The Labute approximate surface area is 228 Å². The third-order valence-electron chi connectivity index (χ3n) is 3.49. The summed E-state index contributed by atoms with van der Waals surface area (Å²) < 4.78 is 89.3. The van der Waals surface area contributed by atoms with E-state index in [2.05, 4.69) is 14.4 Å². The number of azo groups is 1. The van der Waals surface area contributed by atoms with Crippen LogP contribution in [0.4, 0.5) is 22.7 Å². The van der Waals surface area contributed by atoms with E-state index in [0.29, 0.717) is 0 Å². The first kappa shape index (κ1) is 31.4. The van der Waals surface area contributed by atoms with Gasteiger partial charge in [0.15, 0.2) is 9.84 Å². The fraction of sp³-hybridized carbons (Fsp3) is 0.143. The van der Waals surface area contributed by atoms with E-state index in [1.807, 2.05) is 0 Å². The summed E-state index contributed by atoms with van der Waals surface area (Å²) in [6.45, 7) is -0.769. The molecule has 0 aliphatic heterocycles. The Morgan fingerprint density at radius 2 is 1.41 bits per heavy atom. The zero-order chi connectivity index (χ0) is 22.7. The fourth-order valence-corrected chi connectivity index (χ4v) is 4.22. The number of rotatable bonds is 8. The van der Waals surface area contributed by atoms with E-state index in [4.69, 9.17) is 20.6 Å². The van der Waals surface area contributed by atoms with Crippen molar-refractivity contribution in [3.63, 3.8) is 0 Å². The summed E-state index contributed by atoms with van der Waals surface area (Å²) in [6.07, 6.45) is 0. The van der Waals surface area contributed by atoms with Crippen molar-refractivity contribution >= 4 is 112 Å². The molecule has 2 rings (SSSR count). The summed E-state index contributed by atoms with van der Waals surface area (Å²) in [6, 6.07) is 6.91. The van der Waals surface area contributed by atoms with E-state index < -0.39 is 47.6 Å². The first-order chi connectivity index (χ1) is 13.7. The largest absolute Gasteiger partial charge is 0.398 e. The second kappa shape index (κ2) is 12.2. The van der Waals surface area contributed by atoms with Gasteiger partial charge < -0.3 is 11.5 Å². The van der Waals surface area contributed by atoms with Crippen molar-refractivity contribution in [2.45, 2.75) is 9.79 Å². The molecule has 0 unspecified atom stereocenters. The molecule has 0 aliphatic carbocycles. The van der Waals surface area contributed by atoms with Crippen LogP contribution in [-0.4, -0.2) is 106 Å². The number of sulfone groups is 1. The van der Waals surface area contributed by atoms with Gasteiger partial charge in [0.2, 0.25) is 0 Å². The van der Waals surface area contributed by atoms with Crippen LogP contribution in [0.2, 0.25) is 0 Å². The van der Waals surface area contributed by atoms with Gasteiger partial charge in [0.25, 0.3) is 10.1 Å². The van der Waals surface area contributed by atoms with E-state index in [1.54, 1.807) is 0 Å². The Kier molecular flexibility index (Phi) is 11.9. The van der Waals surface area contributed by atoms with Gasteiger partial charge in [-0.25, -0.2) is 12.6 Å². The molecule has 0 atom stereocenters. The summed E-state index contributed by atoms with van der Waals surface area (Å²) in [4.78, 5) is -0.764. The molecule has 18 heteroatoms. The number of benzene rings is 2. The molecule has 0 spiro atoms. The number of anilines is 2. The van der Waals surface area contributed by atoms with Crippen LogP contribution in [0.15, 0.2) is 56.4 Å². The summed E-state index contributed by atoms with van der Waals surface area (Å²) >= 11 is 0. The Morgan fingerprint density at radius 1 is 0.844 bits per heavy atom. The summed E-state index contributed by atoms with van der Waals surface area (Å²) in [5, 5.41) is 7.57. The van der Waals surface area contributed by atoms with Crippen molar-refractivity contribution in [2.24, 2.45) is 10.2 Å². The molecule has 13 nitrogen and oxygen atoms in total. The van der Waals surface area contributed by atoms with Gasteiger partial charge in [-0.2, -0.15) is 21.9 Å². The van der Waals surface area contributed by atoms with Gasteiger partial charge >= 0.3 is 10.4 Å². The topological polar surface area (TPSA) is 229 Å². The predicted molar refractivity (Wildman–Crippen MR) is 117 cm³/mol. The van der Waals surface area contributed by atoms with Crippen LogP contribution < -0.4 is 11.5 Å². The second-order valence-corrected chi connectivity index (χ2v) is 10.3. The zero-order valence-electron chi connectivity index (χ0n) is 16.9. The van der Waals surface area contributed by atoms with Gasteiger partial charge in [-0.15, -0.1) is 5.11 Å². The van der Waals surface area contributed by atoms with Crippen LogP contribution in [0.25, 0.3) is 0 Å². The molecule has 0 fully saturated rings. The van der Waals surface area contributed by atoms with Gasteiger partial charge in [-0.1, -0.05) is 0 Å². The fourth-order valence-electron chi connectivity index (χ4n) is 2.11. The summed E-state index contributed by atoms with van der Waals surface area (Å²) in [5.41, 5.74) is 11.0. The smallest absolute Gasteiger partial charge is 0.397 e. The SMILES string of the molecule is Nc1cc(N)c(S(=O)(=O)O)cc1N=Nc1ccc(S(=O)(=O)CCOS(=O)(=O)O)cc1.[Na].[Na]. The average molecular weight is 526 g/mol. The molecule has 0 aromatic heterocycles. The van der Waals surface area contributed by atoms with Crippen molar-refractivity contribution in [2.75, 3.05) is 23.8 Å². The van der Waals surface area contributed by atoms with Crippen molar-refractivity contribution < 1.29 is 38.5 Å². The molecule has 0 saturated carbocycles. The van der Waals surface area contributed by atoms with E-state index in [0.717, 1.165) is 12.1 Å². The number of nitrogen functional groups attached to an aromatic ring is 2. The van der Waals surface area contributed by atoms with E-state index in [1.165, 1.54) is 24.3 Å². The van der Waals surface area contributed by atoms with Crippen LogP contribution in [0, 0.1) is 0 Å².